The highest BCUT2D eigenvalue weighted by Crippen LogP contribution is 2.33. The first-order valence-electron chi connectivity index (χ1n) is 10.2. The molecule has 2 aromatic carbocycles. The van der Waals surface area contributed by atoms with Crippen LogP contribution in [0.2, 0.25) is 0 Å². The molecule has 1 unspecified atom stereocenters. The van der Waals surface area contributed by atoms with E-state index in [4.69, 9.17) is 9.72 Å². The van der Waals surface area contributed by atoms with Crippen LogP contribution in [-0.4, -0.2) is 32.7 Å². The molecule has 0 radical (unpaired) electrons. The molecule has 3 heterocycles. The number of hydrogen-bond donors (Lipinski definition) is 2. The minimum absolute atomic E-state index is 0.227. The molecule has 2 amide bonds. The zero-order valence-corrected chi connectivity index (χ0v) is 17.8. The van der Waals surface area contributed by atoms with Gasteiger partial charge in [0.15, 0.2) is 11.8 Å². The van der Waals surface area contributed by atoms with Crippen molar-refractivity contribution < 1.29 is 14.3 Å². The summed E-state index contributed by atoms with van der Waals surface area (Å²) in [5, 5.41) is 10.9. The van der Waals surface area contributed by atoms with E-state index in [-0.39, 0.29) is 11.8 Å². The van der Waals surface area contributed by atoms with Gasteiger partial charge in [-0.3, -0.25) is 14.3 Å². The van der Waals surface area contributed by atoms with E-state index in [2.05, 4.69) is 15.7 Å². The first-order valence-corrected chi connectivity index (χ1v) is 10.2. The van der Waals surface area contributed by atoms with Crippen molar-refractivity contribution in [3.8, 4) is 17.0 Å². The van der Waals surface area contributed by atoms with Crippen molar-refractivity contribution in [3.63, 3.8) is 0 Å². The Labute approximate surface area is 184 Å². The summed E-state index contributed by atoms with van der Waals surface area (Å²) < 4.78 is 7.27. The Morgan fingerprint density at radius 2 is 1.94 bits per heavy atom. The number of hydrogen-bond acceptors (Lipinski definition) is 5. The molecule has 160 valence electrons. The summed E-state index contributed by atoms with van der Waals surface area (Å²) in [7, 11) is 1.81. The summed E-state index contributed by atoms with van der Waals surface area (Å²) in [6.45, 7) is 3.54. The van der Waals surface area contributed by atoms with E-state index >= 15 is 0 Å². The lowest BCUT2D eigenvalue weighted by molar-refractivity contribution is -0.122. The Kier molecular flexibility index (Phi) is 4.62. The van der Waals surface area contributed by atoms with Gasteiger partial charge in [0.1, 0.15) is 5.75 Å². The van der Waals surface area contributed by atoms with E-state index in [1.54, 1.807) is 35.9 Å². The third-order valence-corrected chi connectivity index (χ3v) is 5.45. The number of ether oxygens (including phenoxy) is 1. The second-order valence-electron chi connectivity index (χ2n) is 7.74. The van der Waals surface area contributed by atoms with Crippen LogP contribution in [0.4, 0.5) is 11.4 Å². The van der Waals surface area contributed by atoms with Crippen molar-refractivity contribution in [2.45, 2.75) is 20.0 Å². The summed E-state index contributed by atoms with van der Waals surface area (Å²) in [6, 6.07) is 16.6. The van der Waals surface area contributed by atoms with Crippen molar-refractivity contribution in [1.29, 1.82) is 0 Å². The van der Waals surface area contributed by atoms with E-state index in [1.807, 2.05) is 44.3 Å². The van der Waals surface area contributed by atoms with Crippen LogP contribution in [0.15, 0.2) is 54.6 Å². The lowest BCUT2D eigenvalue weighted by atomic mass is 10.0. The van der Waals surface area contributed by atoms with Gasteiger partial charge < -0.3 is 15.4 Å². The standard InChI is InChI=1S/C24H21N5O3/c1-13-21-17(12-18(15-7-5-4-6-8-15)26-22(21)29(3)28-13)24(31)25-16-9-10-20-19(11-16)27-23(30)14(2)32-20/h4-12,14H,1-3H3,(H,25,31)(H,27,30). The summed E-state index contributed by atoms with van der Waals surface area (Å²) >= 11 is 0. The SMILES string of the molecule is Cc1nn(C)c2nc(-c3ccccc3)cc(C(=O)Nc3ccc4c(c3)NC(=O)C(C)O4)c12. The van der Waals surface area contributed by atoms with Crippen molar-refractivity contribution in [1.82, 2.24) is 14.8 Å². The van der Waals surface area contributed by atoms with E-state index in [9.17, 15) is 9.59 Å². The molecule has 2 N–H and O–H groups in total. The Hall–Kier alpha value is -4.20. The van der Waals surface area contributed by atoms with Gasteiger partial charge in [-0.15, -0.1) is 0 Å². The van der Waals surface area contributed by atoms with E-state index in [0.29, 0.717) is 39.4 Å². The number of fused-ring (bicyclic) bond motifs is 2. The molecule has 0 saturated carbocycles. The Bertz CT molecular complexity index is 1380. The van der Waals surface area contributed by atoms with Gasteiger partial charge in [0.25, 0.3) is 11.8 Å². The predicted molar refractivity (Wildman–Crippen MR) is 122 cm³/mol. The summed E-state index contributed by atoms with van der Waals surface area (Å²) in [6.07, 6.45) is -0.557. The fourth-order valence-electron chi connectivity index (χ4n) is 3.87. The smallest absolute Gasteiger partial charge is 0.265 e. The first-order chi connectivity index (χ1) is 15.4. The second kappa shape index (κ2) is 7.49. The number of carbonyl (C=O) groups is 2. The molecule has 0 saturated heterocycles. The van der Waals surface area contributed by atoms with Crippen molar-refractivity contribution >= 4 is 34.2 Å². The molecule has 8 heteroatoms. The molecule has 1 atom stereocenters. The van der Waals surface area contributed by atoms with Crippen LogP contribution in [0.3, 0.4) is 0 Å². The molecule has 5 rings (SSSR count). The monoisotopic (exact) mass is 427 g/mol. The van der Waals surface area contributed by atoms with Gasteiger partial charge in [-0.05, 0) is 38.1 Å². The number of aromatic nitrogens is 3. The Morgan fingerprint density at radius 1 is 1.16 bits per heavy atom. The molecule has 0 bridgehead atoms. The molecule has 0 aliphatic carbocycles. The third-order valence-electron chi connectivity index (χ3n) is 5.45. The number of carbonyl (C=O) groups excluding carboxylic acids is 2. The number of amides is 2. The van der Waals surface area contributed by atoms with Crippen LogP contribution < -0.4 is 15.4 Å². The minimum atomic E-state index is -0.557. The predicted octanol–water partition coefficient (Wildman–Crippen LogP) is 3.92. The fraction of sp³-hybridized carbons (Fsp3) is 0.167. The highest BCUT2D eigenvalue weighted by atomic mass is 16.5. The van der Waals surface area contributed by atoms with Crippen LogP contribution in [0.25, 0.3) is 22.3 Å². The minimum Gasteiger partial charge on any atom is -0.479 e. The van der Waals surface area contributed by atoms with Gasteiger partial charge in [0.05, 0.1) is 28.0 Å². The number of nitrogens with zero attached hydrogens (tertiary/aromatic N) is 3. The van der Waals surface area contributed by atoms with Crippen LogP contribution >= 0.6 is 0 Å². The Morgan fingerprint density at radius 3 is 2.72 bits per heavy atom. The quantitative estimate of drug-likeness (QED) is 0.517. The molecule has 0 spiro atoms. The van der Waals surface area contributed by atoms with E-state index in [1.165, 1.54) is 0 Å². The molecule has 0 fully saturated rings. The first kappa shape index (κ1) is 19.7. The molecule has 2 aromatic heterocycles. The highest BCUT2D eigenvalue weighted by molar-refractivity contribution is 6.13. The van der Waals surface area contributed by atoms with Crippen LogP contribution in [0.5, 0.6) is 5.75 Å². The summed E-state index contributed by atoms with van der Waals surface area (Å²) in [5.74, 6) is 0.0493. The van der Waals surface area contributed by atoms with E-state index in [0.717, 1.165) is 11.3 Å². The zero-order chi connectivity index (χ0) is 22.4. The molecular weight excluding hydrogens is 406 g/mol. The average molecular weight is 427 g/mol. The van der Waals surface area contributed by atoms with Gasteiger partial charge in [-0.1, -0.05) is 30.3 Å². The number of rotatable bonds is 3. The lowest BCUT2D eigenvalue weighted by Gasteiger charge is -2.23. The zero-order valence-electron chi connectivity index (χ0n) is 17.8. The number of benzene rings is 2. The van der Waals surface area contributed by atoms with Gasteiger partial charge in [-0.25, -0.2) is 4.98 Å². The number of aryl methyl sites for hydroxylation is 2. The van der Waals surface area contributed by atoms with Crippen molar-refractivity contribution in [3.05, 3.63) is 65.9 Å². The van der Waals surface area contributed by atoms with Crippen molar-refractivity contribution in [2.75, 3.05) is 10.6 Å². The maximum Gasteiger partial charge on any atom is 0.265 e. The molecule has 1 aliphatic rings. The molecule has 8 nitrogen and oxygen atoms in total. The summed E-state index contributed by atoms with van der Waals surface area (Å²) in [5.41, 5.74) is 4.49. The topological polar surface area (TPSA) is 98.1 Å². The molecule has 4 aromatic rings. The van der Waals surface area contributed by atoms with Crippen molar-refractivity contribution in [2.24, 2.45) is 7.05 Å². The largest absolute Gasteiger partial charge is 0.479 e. The van der Waals surface area contributed by atoms with Gasteiger partial charge in [0, 0.05) is 18.3 Å². The second-order valence-corrected chi connectivity index (χ2v) is 7.74. The lowest BCUT2D eigenvalue weighted by Crippen LogP contribution is -2.34. The number of anilines is 2. The molecule has 1 aliphatic heterocycles. The fourth-order valence-corrected chi connectivity index (χ4v) is 3.87. The number of pyridine rings is 1. The maximum atomic E-state index is 13.4. The van der Waals surface area contributed by atoms with Gasteiger partial charge >= 0.3 is 0 Å². The summed E-state index contributed by atoms with van der Waals surface area (Å²) in [4.78, 5) is 30.0. The van der Waals surface area contributed by atoms with Gasteiger partial charge in [-0.2, -0.15) is 5.10 Å². The molecule has 32 heavy (non-hydrogen) atoms. The molecular formula is C24H21N5O3. The van der Waals surface area contributed by atoms with Crippen LogP contribution in [0.1, 0.15) is 23.0 Å². The normalized spacial score (nSPS) is 15.1. The van der Waals surface area contributed by atoms with Gasteiger partial charge in [0.2, 0.25) is 0 Å². The van der Waals surface area contributed by atoms with E-state index < -0.39 is 6.10 Å². The highest BCUT2D eigenvalue weighted by Gasteiger charge is 2.24. The third kappa shape index (κ3) is 3.35. The maximum absolute atomic E-state index is 13.4. The van der Waals surface area contributed by atoms with Crippen LogP contribution in [0, 0.1) is 6.92 Å². The number of nitrogens with one attached hydrogen (secondary N) is 2. The van der Waals surface area contributed by atoms with Crippen LogP contribution in [-0.2, 0) is 11.8 Å². The Balaban J connectivity index is 1.55. The average Bonchev–Trinajstić information content (AvgIpc) is 3.08.